The Labute approximate surface area is 100 Å². The third kappa shape index (κ3) is 4.64. The number of carbonyl (C=O) groups excluding carboxylic acids is 1. The van der Waals surface area contributed by atoms with Crippen LogP contribution in [0.5, 0.6) is 0 Å². The summed E-state index contributed by atoms with van der Waals surface area (Å²) in [6, 6.07) is 7.20. The smallest absolute Gasteiger partial charge is 0.224 e. The lowest BCUT2D eigenvalue weighted by Gasteiger charge is -2.12. The molecule has 1 aromatic carbocycles. The van der Waals surface area contributed by atoms with E-state index < -0.39 is 0 Å². The molecule has 0 aliphatic rings. The number of rotatable bonds is 5. The minimum Gasteiger partial charge on any atom is -0.396 e. The van der Waals surface area contributed by atoms with Crippen molar-refractivity contribution in [3.8, 4) is 0 Å². The molecule has 0 aliphatic carbocycles. The maximum Gasteiger partial charge on any atom is 0.224 e. The third-order valence-electron chi connectivity index (χ3n) is 2.25. The van der Waals surface area contributed by atoms with Gasteiger partial charge in [0.25, 0.3) is 0 Å². The molecule has 2 N–H and O–H groups in total. The van der Waals surface area contributed by atoms with E-state index in [4.69, 9.17) is 16.7 Å². The fourth-order valence-corrected chi connectivity index (χ4v) is 1.51. The van der Waals surface area contributed by atoms with Crippen molar-refractivity contribution in [2.75, 3.05) is 6.61 Å². The lowest BCUT2D eigenvalue weighted by molar-refractivity contribution is -0.121. The number of amides is 1. The van der Waals surface area contributed by atoms with E-state index in [9.17, 15) is 4.79 Å². The zero-order valence-electron chi connectivity index (χ0n) is 9.24. The lowest BCUT2D eigenvalue weighted by atomic mass is 10.1. The molecule has 3 nitrogen and oxygen atoms in total. The van der Waals surface area contributed by atoms with Gasteiger partial charge in [-0.15, -0.1) is 0 Å². The van der Waals surface area contributed by atoms with Gasteiger partial charge in [0.15, 0.2) is 0 Å². The number of hydrogen-bond acceptors (Lipinski definition) is 2. The molecule has 0 aliphatic heterocycles. The average Bonchev–Trinajstić information content (AvgIpc) is 2.21. The molecular weight excluding hydrogens is 226 g/mol. The lowest BCUT2D eigenvalue weighted by Crippen LogP contribution is -2.34. The number of benzene rings is 1. The molecule has 16 heavy (non-hydrogen) atoms. The van der Waals surface area contributed by atoms with Crippen molar-refractivity contribution in [2.45, 2.75) is 25.8 Å². The van der Waals surface area contributed by atoms with E-state index in [-0.39, 0.29) is 18.6 Å². The van der Waals surface area contributed by atoms with Crippen LogP contribution < -0.4 is 5.32 Å². The molecule has 4 heteroatoms. The van der Waals surface area contributed by atoms with Crippen molar-refractivity contribution in [1.29, 1.82) is 0 Å². The van der Waals surface area contributed by atoms with Gasteiger partial charge in [0.1, 0.15) is 0 Å². The van der Waals surface area contributed by atoms with Gasteiger partial charge in [0.05, 0.1) is 6.42 Å². The summed E-state index contributed by atoms with van der Waals surface area (Å²) in [5.74, 6) is -0.0386. The first-order valence-corrected chi connectivity index (χ1v) is 5.64. The van der Waals surface area contributed by atoms with Crippen LogP contribution >= 0.6 is 11.6 Å². The van der Waals surface area contributed by atoms with Crippen molar-refractivity contribution in [3.05, 3.63) is 34.9 Å². The summed E-state index contributed by atoms with van der Waals surface area (Å²) in [5, 5.41) is 12.2. The first kappa shape index (κ1) is 13.0. The zero-order valence-corrected chi connectivity index (χ0v) is 10.00. The second kappa shape index (κ2) is 6.51. The summed E-state index contributed by atoms with van der Waals surface area (Å²) in [6.45, 7) is 1.96. The zero-order chi connectivity index (χ0) is 12.0. The molecule has 0 radical (unpaired) electrons. The van der Waals surface area contributed by atoms with Crippen LogP contribution in [0.4, 0.5) is 0 Å². The Morgan fingerprint density at radius 1 is 1.44 bits per heavy atom. The van der Waals surface area contributed by atoms with E-state index in [1.807, 2.05) is 19.1 Å². The molecule has 1 aromatic rings. The Hall–Kier alpha value is -1.06. The number of aliphatic hydroxyl groups excluding tert-OH is 1. The van der Waals surface area contributed by atoms with E-state index >= 15 is 0 Å². The predicted molar refractivity (Wildman–Crippen MR) is 64.5 cm³/mol. The van der Waals surface area contributed by atoms with E-state index in [2.05, 4.69) is 5.32 Å². The summed E-state index contributed by atoms with van der Waals surface area (Å²) >= 11 is 5.75. The fraction of sp³-hybridized carbons (Fsp3) is 0.417. The van der Waals surface area contributed by atoms with Crippen molar-refractivity contribution < 1.29 is 9.90 Å². The molecule has 0 aromatic heterocycles. The van der Waals surface area contributed by atoms with Crippen LogP contribution in [0.1, 0.15) is 18.9 Å². The summed E-state index contributed by atoms with van der Waals surface area (Å²) in [4.78, 5) is 11.6. The molecular formula is C12H16ClNO2. The second-order valence-electron chi connectivity index (χ2n) is 3.78. The molecule has 0 saturated heterocycles. The van der Waals surface area contributed by atoms with E-state index in [1.54, 1.807) is 12.1 Å². The topological polar surface area (TPSA) is 49.3 Å². The molecule has 1 rings (SSSR count). The van der Waals surface area contributed by atoms with Crippen LogP contribution in [0.3, 0.4) is 0 Å². The van der Waals surface area contributed by atoms with Gasteiger partial charge in [-0.2, -0.15) is 0 Å². The van der Waals surface area contributed by atoms with Crippen LogP contribution in [0, 0.1) is 0 Å². The molecule has 0 saturated carbocycles. The number of halogens is 1. The van der Waals surface area contributed by atoms with Gasteiger partial charge in [-0.1, -0.05) is 23.7 Å². The molecule has 1 unspecified atom stereocenters. The van der Waals surface area contributed by atoms with Crippen LogP contribution in [-0.4, -0.2) is 23.7 Å². The van der Waals surface area contributed by atoms with E-state index in [0.717, 1.165) is 5.56 Å². The van der Waals surface area contributed by atoms with Crippen LogP contribution in [0.2, 0.25) is 5.02 Å². The highest BCUT2D eigenvalue weighted by Gasteiger charge is 2.07. The first-order chi connectivity index (χ1) is 7.61. The van der Waals surface area contributed by atoms with Crippen molar-refractivity contribution in [2.24, 2.45) is 0 Å². The van der Waals surface area contributed by atoms with E-state index in [1.165, 1.54) is 0 Å². The Kier molecular flexibility index (Phi) is 5.29. The molecule has 0 heterocycles. The first-order valence-electron chi connectivity index (χ1n) is 5.26. The van der Waals surface area contributed by atoms with Gasteiger partial charge >= 0.3 is 0 Å². The molecule has 0 bridgehead atoms. The van der Waals surface area contributed by atoms with Gasteiger partial charge in [-0.3, -0.25) is 4.79 Å². The van der Waals surface area contributed by atoms with Gasteiger partial charge in [-0.25, -0.2) is 0 Å². The molecule has 0 fully saturated rings. The van der Waals surface area contributed by atoms with Crippen LogP contribution in [0.15, 0.2) is 24.3 Å². The Morgan fingerprint density at radius 2 is 2.06 bits per heavy atom. The largest absolute Gasteiger partial charge is 0.396 e. The SMILES string of the molecule is CC(CCO)NC(=O)Cc1ccc(Cl)cc1. The normalized spacial score (nSPS) is 12.2. The Bertz CT molecular complexity index is 337. The molecule has 88 valence electrons. The van der Waals surface area contributed by atoms with Crippen molar-refractivity contribution >= 4 is 17.5 Å². The van der Waals surface area contributed by atoms with Crippen LogP contribution in [-0.2, 0) is 11.2 Å². The quantitative estimate of drug-likeness (QED) is 0.826. The van der Waals surface area contributed by atoms with Gasteiger partial charge in [0, 0.05) is 17.7 Å². The Morgan fingerprint density at radius 3 is 2.62 bits per heavy atom. The predicted octanol–water partition coefficient (Wildman–Crippen LogP) is 1.77. The number of aliphatic hydroxyl groups is 1. The number of nitrogens with one attached hydrogen (secondary N) is 1. The minimum absolute atomic E-state index is 0.00444. The molecule has 1 atom stereocenters. The highest BCUT2D eigenvalue weighted by atomic mass is 35.5. The highest BCUT2D eigenvalue weighted by molar-refractivity contribution is 6.30. The maximum atomic E-state index is 11.6. The summed E-state index contributed by atoms with van der Waals surface area (Å²) in [7, 11) is 0. The fourth-order valence-electron chi connectivity index (χ4n) is 1.38. The van der Waals surface area contributed by atoms with Crippen molar-refractivity contribution in [3.63, 3.8) is 0 Å². The maximum absolute atomic E-state index is 11.6. The van der Waals surface area contributed by atoms with Crippen LogP contribution in [0.25, 0.3) is 0 Å². The molecule has 0 spiro atoms. The highest BCUT2D eigenvalue weighted by Crippen LogP contribution is 2.09. The second-order valence-corrected chi connectivity index (χ2v) is 4.22. The van der Waals surface area contributed by atoms with E-state index in [0.29, 0.717) is 17.9 Å². The summed E-state index contributed by atoms with van der Waals surface area (Å²) in [6.07, 6.45) is 0.916. The number of hydrogen-bond donors (Lipinski definition) is 2. The monoisotopic (exact) mass is 241 g/mol. The van der Waals surface area contributed by atoms with Crippen molar-refractivity contribution in [1.82, 2.24) is 5.32 Å². The van der Waals surface area contributed by atoms with Gasteiger partial charge in [0.2, 0.25) is 5.91 Å². The van der Waals surface area contributed by atoms with Gasteiger partial charge in [-0.05, 0) is 31.0 Å². The Balaban J connectivity index is 2.42. The minimum atomic E-state index is -0.0386. The van der Waals surface area contributed by atoms with Gasteiger partial charge < -0.3 is 10.4 Å². The standard InChI is InChI=1S/C12H16ClNO2/c1-9(6-7-15)14-12(16)8-10-2-4-11(13)5-3-10/h2-5,9,15H,6-8H2,1H3,(H,14,16). The third-order valence-corrected chi connectivity index (χ3v) is 2.50. The number of carbonyl (C=O) groups is 1. The molecule has 1 amide bonds. The average molecular weight is 242 g/mol. The summed E-state index contributed by atoms with van der Waals surface area (Å²) < 4.78 is 0. The summed E-state index contributed by atoms with van der Waals surface area (Å²) in [5.41, 5.74) is 0.929.